The van der Waals surface area contributed by atoms with Gasteiger partial charge >= 0.3 is 0 Å². The summed E-state index contributed by atoms with van der Waals surface area (Å²) >= 11 is 0. The van der Waals surface area contributed by atoms with E-state index in [2.05, 4.69) is 4.90 Å². The van der Waals surface area contributed by atoms with E-state index in [9.17, 15) is 4.79 Å². The normalized spacial score (nSPS) is 23.3. The summed E-state index contributed by atoms with van der Waals surface area (Å²) in [5.74, 6) is 0. The van der Waals surface area contributed by atoms with E-state index in [0.717, 1.165) is 25.5 Å². The zero-order valence-electron chi connectivity index (χ0n) is 9.78. The van der Waals surface area contributed by atoms with E-state index in [1.807, 2.05) is 6.92 Å². The Balaban J connectivity index is 0.000000245. The molecule has 0 atom stereocenters. The first-order valence-electron chi connectivity index (χ1n) is 6.14. The number of nitrogens with zero attached hydrogens (tertiary/aromatic N) is 1. The third-order valence-corrected chi connectivity index (χ3v) is 3.05. The van der Waals surface area contributed by atoms with Gasteiger partial charge in [-0.3, -0.25) is 4.90 Å². The molecule has 1 heterocycles. The molecule has 0 N–H and O–H groups in total. The number of rotatable bonds is 2. The predicted octanol–water partition coefficient (Wildman–Crippen LogP) is 1.86. The molecule has 1 aliphatic carbocycles. The van der Waals surface area contributed by atoms with Crippen LogP contribution in [0.15, 0.2) is 0 Å². The van der Waals surface area contributed by atoms with Crippen LogP contribution in [0.3, 0.4) is 0 Å². The Hall–Kier alpha value is -0.410. The molecule has 2 fully saturated rings. The van der Waals surface area contributed by atoms with Gasteiger partial charge in [-0.25, -0.2) is 0 Å². The number of carbonyl (C=O) groups is 1. The van der Waals surface area contributed by atoms with Crippen molar-refractivity contribution in [3.63, 3.8) is 0 Å². The number of carbonyl (C=O) groups excluding carboxylic acids is 1. The summed E-state index contributed by atoms with van der Waals surface area (Å²) in [6.07, 6.45) is 7.27. The van der Waals surface area contributed by atoms with E-state index in [1.165, 1.54) is 38.8 Å². The first-order valence-corrected chi connectivity index (χ1v) is 6.14. The molecule has 0 spiro atoms. The van der Waals surface area contributed by atoms with Crippen molar-refractivity contribution in [1.82, 2.24) is 4.90 Å². The third kappa shape index (κ3) is 4.76. The van der Waals surface area contributed by atoms with Gasteiger partial charge in [-0.05, 0) is 12.8 Å². The Labute approximate surface area is 92.8 Å². The molecule has 1 saturated heterocycles. The van der Waals surface area contributed by atoms with Crippen LogP contribution in [0, 0.1) is 0 Å². The number of aldehydes is 1. The summed E-state index contributed by atoms with van der Waals surface area (Å²) in [7, 11) is 0. The fourth-order valence-corrected chi connectivity index (χ4v) is 2.21. The monoisotopic (exact) mass is 213 g/mol. The maximum absolute atomic E-state index is 9.17. The Morgan fingerprint density at radius 2 is 1.80 bits per heavy atom. The summed E-state index contributed by atoms with van der Waals surface area (Å²) < 4.78 is 5.32. The molecule has 0 aromatic rings. The van der Waals surface area contributed by atoms with Crippen molar-refractivity contribution in [2.45, 2.75) is 45.1 Å². The summed E-state index contributed by atoms with van der Waals surface area (Å²) in [6.45, 7) is 6.06. The second-order valence-electron chi connectivity index (χ2n) is 4.16. The lowest BCUT2D eigenvalue weighted by Gasteiger charge is -2.31. The summed E-state index contributed by atoms with van der Waals surface area (Å²) in [4.78, 5) is 11.8. The topological polar surface area (TPSA) is 29.5 Å². The zero-order valence-corrected chi connectivity index (χ0v) is 9.78. The van der Waals surface area contributed by atoms with Gasteiger partial charge in [0.25, 0.3) is 0 Å². The number of ether oxygens (including phenoxy) is 1. The van der Waals surface area contributed by atoms with Crippen LogP contribution in [0.1, 0.15) is 39.0 Å². The minimum atomic E-state index is 0.639. The van der Waals surface area contributed by atoms with Gasteiger partial charge in [0.15, 0.2) is 0 Å². The van der Waals surface area contributed by atoms with Gasteiger partial charge < -0.3 is 9.53 Å². The lowest BCUT2D eigenvalue weighted by atomic mass is 10.2. The molecule has 15 heavy (non-hydrogen) atoms. The van der Waals surface area contributed by atoms with Gasteiger partial charge in [0.05, 0.1) is 13.2 Å². The van der Waals surface area contributed by atoms with Crippen LogP contribution >= 0.6 is 0 Å². The van der Waals surface area contributed by atoms with E-state index >= 15 is 0 Å². The Morgan fingerprint density at radius 1 is 1.27 bits per heavy atom. The Bertz CT molecular complexity index is 161. The quantitative estimate of drug-likeness (QED) is 0.656. The molecule has 0 aromatic heterocycles. The van der Waals surface area contributed by atoms with Gasteiger partial charge in [0.1, 0.15) is 6.29 Å². The van der Waals surface area contributed by atoms with Gasteiger partial charge in [-0.15, -0.1) is 0 Å². The minimum absolute atomic E-state index is 0.639. The van der Waals surface area contributed by atoms with E-state index in [0.29, 0.717) is 6.42 Å². The lowest BCUT2D eigenvalue weighted by Crippen LogP contribution is -2.42. The van der Waals surface area contributed by atoms with Crippen LogP contribution in [0.5, 0.6) is 0 Å². The molecule has 3 heteroatoms. The summed E-state index contributed by atoms with van der Waals surface area (Å²) in [5.41, 5.74) is 0. The molecule has 0 unspecified atom stereocenters. The van der Waals surface area contributed by atoms with E-state index in [4.69, 9.17) is 4.74 Å². The molecular formula is C12H23NO2. The Morgan fingerprint density at radius 3 is 2.27 bits per heavy atom. The standard InChI is InChI=1S/C9H17NO.C3H6O/c1-2-4-9(3-1)10-5-7-11-8-6-10;1-2-3-4/h9H,1-8H2;3H,2H2,1H3. The number of morpholine rings is 1. The van der Waals surface area contributed by atoms with Gasteiger partial charge in [-0.2, -0.15) is 0 Å². The average molecular weight is 213 g/mol. The van der Waals surface area contributed by atoms with Crippen LogP contribution in [0.25, 0.3) is 0 Å². The number of hydrogen-bond donors (Lipinski definition) is 0. The van der Waals surface area contributed by atoms with Crippen molar-refractivity contribution in [2.24, 2.45) is 0 Å². The maximum Gasteiger partial charge on any atom is 0.119 e. The highest BCUT2D eigenvalue weighted by Gasteiger charge is 2.23. The second-order valence-corrected chi connectivity index (χ2v) is 4.16. The highest BCUT2D eigenvalue weighted by atomic mass is 16.5. The fraction of sp³-hybridized carbons (Fsp3) is 0.917. The lowest BCUT2D eigenvalue weighted by molar-refractivity contribution is -0.107. The van der Waals surface area contributed by atoms with Crippen molar-refractivity contribution in [3.8, 4) is 0 Å². The van der Waals surface area contributed by atoms with Gasteiger partial charge in [-0.1, -0.05) is 19.8 Å². The van der Waals surface area contributed by atoms with Crippen LogP contribution in [0.2, 0.25) is 0 Å². The van der Waals surface area contributed by atoms with Gasteiger partial charge in [0, 0.05) is 25.6 Å². The minimum Gasteiger partial charge on any atom is -0.379 e. The highest BCUT2D eigenvalue weighted by Crippen LogP contribution is 2.23. The number of hydrogen-bond acceptors (Lipinski definition) is 3. The predicted molar refractivity (Wildman–Crippen MR) is 61.0 cm³/mol. The van der Waals surface area contributed by atoms with Crippen molar-refractivity contribution in [1.29, 1.82) is 0 Å². The van der Waals surface area contributed by atoms with E-state index in [-0.39, 0.29) is 0 Å². The SMILES string of the molecule is C1CCC(N2CCOCC2)C1.CCC=O. The Kier molecular flexibility index (Phi) is 6.60. The van der Waals surface area contributed by atoms with E-state index < -0.39 is 0 Å². The zero-order chi connectivity index (χ0) is 10.9. The van der Waals surface area contributed by atoms with Crippen molar-refractivity contribution >= 4 is 6.29 Å². The summed E-state index contributed by atoms with van der Waals surface area (Å²) in [5, 5.41) is 0. The summed E-state index contributed by atoms with van der Waals surface area (Å²) in [6, 6.07) is 0.902. The molecule has 88 valence electrons. The molecular weight excluding hydrogens is 190 g/mol. The fourth-order valence-electron chi connectivity index (χ4n) is 2.21. The molecule has 2 aliphatic rings. The van der Waals surface area contributed by atoms with Crippen molar-refractivity contribution in [2.75, 3.05) is 26.3 Å². The second kappa shape index (κ2) is 7.83. The molecule has 3 nitrogen and oxygen atoms in total. The molecule has 2 rings (SSSR count). The first kappa shape index (κ1) is 12.7. The third-order valence-electron chi connectivity index (χ3n) is 3.05. The largest absolute Gasteiger partial charge is 0.379 e. The first-order chi connectivity index (χ1) is 7.38. The van der Waals surface area contributed by atoms with Crippen molar-refractivity contribution in [3.05, 3.63) is 0 Å². The molecule has 1 aliphatic heterocycles. The highest BCUT2D eigenvalue weighted by molar-refractivity contribution is 5.48. The molecule has 0 amide bonds. The van der Waals surface area contributed by atoms with Crippen LogP contribution < -0.4 is 0 Å². The maximum atomic E-state index is 9.17. The molecule has 0 aromatic carbocycles. The molecule has 0 bridgehead atoms. The average Bonchev–Trinajstić information content (AvgIpc) is 2.84. The van der Waals surface area contributed by atoms with Crippen molar-refractivity contribution < 1.29 is 9.53 Å². The van der Waals surface area contributed by atoms with Gasteiger partial charge in [0.2, 0.25) is 0 Å². The van der Waals surface area contributed by atoms with E-state index in [1.54, 1.807) is 0 Å². The molecule has 1 saturated carbocycles. The van der Waals surface area contributed by atoms with Crippen LogP contribution in [-0.2, 0) is 9.53 Å². The molecule has 0 radical (unpaired) electrons. The van der Waals surface area contributed by atoms with Crippen LogP contribution in [-0.4, -0.2) is 43.5 Å². The van der Waals surface area contributed by atoms with Crippen LogP contribution in [0.4, 0.5) is 0 Å². The smallest absolute Gasteiger partial charge is 0.119 e.